The van der Waals surface area contributed by atoms with Gasteiger partial charge in [0.1, 0.15) is 18.1 Å². The Morgan fingerprint density at radius 1 is 1.22 bits per heavy atom. The van der Waals surface area contributed by atoms with Crippen molar-refractivity contribution in [3.8, 4) is 5.75 Å². The second-order valence-electron chi connectivity index (χ2n) is 6.05. The third-order valence-corrected chi connectivity index (χ3v) is 4.60. The second-order valence-corrected chi connectivity index (χ2v) is 6.49. The number of hydrogen-bond acceptors (Lipinski definition) is 4. The summed E-state index contributed by atoms with van der Waals surface area (Å²) in [6.45, 7) is -0.947. The van der Waals surface area contributed by atoms with Crippen LogP contribution in [0, 0.1) is 6.92 Å². The summed E-state index contributed by atoms with van der Waals surface area (Å²) in [7, 11) is 0. The number of nitrogens with one attached hydrogen (secondary N) is 1. The molecule has 4 rings (SSSR count). The summed E-state index contributed by atoms with van der Waals surface area (Å²) in [5.74, 6) is 0.506. The van der Waals surface area contributed by atoms with Crippen molar-refractivity contribution in [1.82, 2.24) is 14.8 Å². The van der Waals surface area contributed by atoms with E-state index in [0.29, 0.717) is 22.2 Å². The summed E-state index contributed by atoms with van der Waals surface area (Å²) in [6.07, 6.45) is 3.36. The molecule has 1 atom stereocenters. The van der Waals surface area contributed by atoms with Crippen LogP contribution >= 0.6 is 11.6 Å². The van der Waals surface area contributed by atoms with E-state index in [2.05, 4.69) is 20.1 Å². The Hall–Kier alpha value is -2.93. The van der Waals surface area contributed by atoms with Crippen molar-refractivity contribution < 1.29 is 13.5 Å². The number of rotatable bonds is 4. The van der Waals surface area contributed by atoms with Gasteiger partial charge >= 0.3 is 6.61 Å². The molecule has 0 fully saturated rings. The van der Waals surface area contributed by atoms with Crippen LogP contribution in [0.4, 0.5) is 14.7 Å². The Balaban J connectivity index is 1.84. The van der Waals surface area contributed by atoms with Gasteiger partial charge in [0, 0.05) is 10.6 Å². The van der Waals surface area contributed by atoms with Gasteiger partial charge in [-0.3, -0.25) is 0 Å². The lowest BCUT2D eigenvalue weighted by atomic mass is 9.98. The fourth-order valence-corrected chi connectivity index (χ4v) is 3.31. The highest BCUT2D eigenvalue weighted by Crippen LogP contribution is 2.37. The van der Waals surface area contributed by atoms with Crippen molar-refractivity contribution in [2.45, 2.75) is 19.6 Å². The molecular formula is C19H15ClF2N4O. The van der Waals surface area contributed by atoms with E-state index in [1.54, 1.807) is 16.8 Å². The van der Waals surface area contributed by atoms with E-state index in [1.807, 2.05) is 37.3 Å². The zero-order valence-corrected chi connectivity index (χ0v) is 15.0. The van der Waals surface area contributed by atoms with Crippen LogP contribution in [0.2, 0.25) is 5.02 Å². The molecule has 0 spiro atoms. The molecule has 0 bridgehead atoms. The molecule has 0 aliphatic carbocycles. The van der Waals surface area contributed by atoms with E-state index in [-0.39, 0.29) is 11.8 Å². The molecule has 0 unspecified atom stereocenters. The normalized spacial score (nSPS) is 15.9. The lowest BCUT2D eigenvalue weighted by Crippen LogP contribution is -2.21. The molecule has 5 nitrogen and oxygen atoms in total. The largest absolute Gasteiger partial charge is 0.434 e. The van der Waals surface area contributed by atoms with Gasteiger partial charge < -0.3 is 10.1 Å². The van der Waals surface area contributed by atoms with Gasteiger partial charge in [-0.1, -0.05) is 35.9 Å². The molecule has 138 valence electrons. The third kappa shape index (κ3) is 3.38. The summed E-state index contributed by atoms with van der Waals surface area (Å²) in [6, 6.07) is 12.3. The number of anilines is 1. The van der Waals surface area contributed by atoms with Crippen LogP contribution in [-0.4, -0.2) is 21.4 Å². The summed E-state index contributed by atoms with van der Waals surface area (Å²) < 4.78 is 32.1. The first kappa shape index (κ1) is 17.5. The number of aryl methyl sites for hydroxylation is 1. The number of hydrogen-bond donors (Lipinski definition) is 1. The van der Waals surface area contributed by atoms with Crippen molar-refractivity contribution >= 4 is 23.2 Å². The number of halogens is 3. The average Bonchev–Trinajstić information content (AvgIpc) is 3.10. The highest BCUT2D eigenvalue weighted by molar-refractivity contribution is 6.30. The maximum Gasteiger partial charge on any atom is 0.387 e. The first-order valence-electron chi connectivity index (χ1n) is 8.21. The predicted octanol–water partition coefficient (Wildman–Crippen LogP) is 4.90. The van der Waals surface area contributed by atoms with Gasteiger partial charge in [0.15, 0.2) is 0 Å². The molecule has 1 N–H and O–H groups in total. The number of allylic oxidation sites excluding steroid dienone is 1. The Bertz CT molecular complexity index is 1020. The summed E-state index contributed by atoms with van der Waals surface area (Å²) in [4.78, 5) is 4.23. The Morgan fingerprint density at radius 3 is 2.81 bits per heavy atom. The molecule has 2 heterocycles. The lowest BCUT2D eigenvalue weighted by Gasteiger charge is -2.26. The molecule has 1 aliphatic rings. The first-order valence-corrected chi connectivity index (χ1v) is 8.59. The molecule has 1 aromatic heterocycles. The van der Waals surface area contributed by atoms with Crippen LogP contribution in [0.1, 0.15) is 22.7 Å². The lowest BCUT2D eigenvalue weighted by molar-refractivity contribution is -0.0500. The van der Waals surface area contributed by atoms with Crippen LogP contribution in [0.5, 0.6) is 5.75 Å². The topological polar surface area (TPSA) is 52.0 Å². The van der Waals surface area contributed by atoms with Gasteiger partial charge in [-0.15, -0.1) is 0 Å². The molecule has 2 aromatic carbocycles. The van der Waals surface area contributed by atoms with Crippen LogP contribution in [0.3, 0.4) is 0 Å². The van der Waals surface area contributed by atoms with Crippen molar-refractivity contribution in [2.75, 3.05) is 5.32 Å². The van der Waals surface area contributed by atoms with Crippen LogP contribution in [0.15, 0.2) is 54.9 Å². The average molecular weight is 389 g/mol. The highest BCUT2D eigenvalue weighted by atomic mass is 35.5. The molecule has 0 saturated carbocycles. The van der Waals surface area contributed by atoms with E-state index < -0.39 is 6.61 Å². The van der Waals surface area contributed by atoms with Gasteiger partial charge in [0.05, 0.1) is 5.70 Å². The molecule has 0 amide bonds. The number of alkyl halides is 2. The quantitative estimate of drug-likeness (QED) is 0.690. The van der Waals surface area contributed by atoms with Crippen molar-refractivity contribution in [2.24, 2.45) is 0 Å². The fraction of sp³-hybridized carbons (Fsp3) is 0.158. The minimum atomic E-state index is -2.96. The van der Waals surface area contributed by atoms with Crippen LogP contribution in [0.25, 0.3) is 5.70 Å². The molecule has 0 radical (unpaired) electrons. The van der Waals surface area contributed by atoms with E-state index in [1.165, 1.54) is 12.4 Å². The number of aromatic nitrogens is 3. The molecular weight excluding hydrogens is 374 g/mol. The smallest absolute Gasteiger partial charge is 0.387 e. The maximum atomic E-state index is 12.9. The first-order chi connectivity index (χ1) is 13.0. The fourth-order valence-electron chi connectivity index (χ4n) is 3.14. The molecule has 27 heavy (non-hydrogen) atoms. The minimum absolute atomic E-state index is 0.00671. The SMILES string of the molecule is Cc1ccccc1[C@H]1C=C(c2ccc(Cl)cc2OC(F)F)Nc2ncnn21. The predicted molar refractivity (Wildman–Crippen MR) is 99.0 cm³/mol. The van der Waals surface area contributed by atoms with Crippen molar-refractivity contribution in [3.05, 3.63) is 76.6 Å². The molecule has 3 aromatic rings. The van der Waals surface area contributed by atoms with Crippen molar-refractivity contribution in [3.63, 3.8) is 0 Å². The second kappa shape index (κ2) is 7.00. The number of nitrogens with zero attached hydrogens (tertiary/aromatic N) is 3. The number of fused-ring (bicyclic) bond motifs is 1. The monoisotopic (exact) mass is 388 g/mol. The number of ether oxygens (including phenoxy) is 1. The molecule has 0 saturated heterocycles. The van der Waals surface area contributed by atoms with Gasteiger partial charge in [-0.2, -0.15) is 18.9 Å². The van der Waals surface area contributed by atoms with Crippen molar-refractivity contribution in [1.29, 1.82) is 0 Å². The summed E-state index contributed by atoms with van der Waals surface area (Å²) >= 11 is 5.96. The highest BCUT2D eigenvalue weighted by Gasteiger charge is 2.26. The van der Waals surface area contributed by atoms with E-state index in [9.17, 15) is 8.78 Å². The standard InChI is InChI=1S/C19H15ClF2N4O/c1-11-4-2-3-5-13(11)16-9-15(25-19-23-10-24-26(16)19)14-7-6-12(20)8-17(14)27-18(21)22/h2-10,16,18H,1H3,(H,23,24,25)/t16-/m1/s1. The third-order valence-electron chi connectivity index (χ3n) is 4.36. The summed E-state index contributed by atoms with van der Waals surface area (Å²) in [5.41, 5.74) is 3.18. The Labute approximate surface area is 159 Å². The summed E-state index contributed by atoms with van der Waals surface area (Å²) in [5, 5.41) is 7.73. The van der Waals surface area contributed by atoms with Gasteiger partial charge in [0.2, 0.25) is 5.95 Å². The van der Waals surface area contributed by atoms with E-state index >= 15 is 0 Å². The van der Waals surface area contributed by atoms with Gasteiger partial charge in [-0.05, 0) is 42.3 Å². The zero-order chi connectivity index (χ0) is 19.0. The zero-order valence-electron chi connectivity index (χ0n) is 14.2. The minimum Gasteiger partial charge on any atom is -0.434 e. The maximum absolute atomic E-state index is 12.9. The Kier molecular flexibility index (Phi) is 4.53. The van der Waals surface area contributed by atoms with E-state index in [4.69, 9.17) is 11.6 Å². The Morgan fingerprint density at radius 2 is 2.04 bits per heavy atom. The van der Waals surface area contributed by atoms with Gasteiger partial charge in [0.25, 0.3) is 0 Å². The van der Waals surface area contributed by atoms with Gasteiger partial charge in [-0.25, -0.2) is 4.68 Å². The van der Waals surface area contributed by atoms with Crippen LogP contribution in [-0.2, 0) is 0 Å². The number of benzene rings is 2. The molecule has 8 heteroatoms. The van der Waals surface area contributed by atoms with E-state index in [0.717, 1.165) is 11.1 Å². The molecule has 1 aliphatic heterocycles. The van der Waals surface area contributed by atoms with Crippen LogP contribution < -0.4 is 10.1 Å².